The maximum Gasteiger partial charge on any atom is 0.231 e. The Hall–Kier alpha value is -2.20. The van der Waals surface area contributed by atoms with E-state index in [0.717, 1.165) is 23.8 Å². The van der Waals surface area contributed by atoms with Gasteiger partial charge >= 0.3 is 0 Å². The van der Waals surface area contributed by atoms with Gasteiger partial charge < -0.3 is 19.5 Å². The molecule has 3 aliphatic heterocycles. The normalized spacial score (nSPS) is 24.6. The molecule has 21 heavy (non-hydrogen) atoms. The first-order chi connectivity index (χ1) is 10.4. The Kier molecular flexibility index (Phi) is 2.26. The highest BCUT2D eigenvalue weighted by Gasteiger charge is 2.38. The van der Waals surface area contributed by atoms with E-state index in [-0.39, 0.29) is 6.79 Å². The molecule has 0 fully saturated rings. The number of fused-ring (bicyclic) bond motifs is 7. The summed E-state index contributed by atoms with van der Waals surface area (Å²) in [6.45, 7) is 1.84. The van der Waals surface area contributed by atoms with E-state index in [9.17, 15) is 0 Å². The highest BCUT2D eigenvalue weighted by Crippen LogP contribution is 2.50. The van der Waals surface area contributed by atoms with Crippen LogP contribution in [-0.4, -0.2) is 19.4 Å². The molecule has 0 bridgehead atoms. The zero-order valence-electron chi connectivity index (χ0n) is 11.5. The minimum absolute atomic E-state index is 0.276. The Morgan fingerprint density at radius 3 is 2.86 bits per heavy atom. The van der Waals surface area contributed by atoms with Crippen molar-refractivity contribution < 1.29 is 14.2 Å². The van der Waals surface area contributed by atoms with Gasteiger partial charge in [-0.1, -0.05) is 30.3 Å². The molecule has 0 aliphatic carbocycles. The Balaban J connectivity index is 1.72. The van der Waals surface area contributed by atoms with Crippen LogP contribution in [0, 0.1) is 0 Å². The Labute approximate surface area is 122 Å². The van der Waals surface area contributed by atoms with Gasteiger partial charge in [-0.25, -0.2) is 0 Å². The average Bonchev–Trinajstić information content (AvgIpc) is 3.03. The second kappa shape index (κ2) is 4.15. The lowest BCUT2D eigenvalue weighted by atomic mass is 9.78. The second-order valence-electron chi connectivity index (χ2n) is 5.69. The van der Waals surface area contributed by atoms with E-state index in [0.29, 0.717) is 18.6 Å². The topological polar surface area (TPSA) is 39.7 Å². The third-order valence-electron chi connectivity index (χ3n) is 4.61. The number of ether oxygens (including phenoxy) is 3. The zero-order valence-corrected chi connectivity index (χ0v) is 11.5. The van der Waals surface area contributed by atoms with Crippen molar-refractivity contribution in [1.29, 1.82) is 0 Å². The fourth-order valence-electron chi connectivity index (χ4n) is 3.64. The molecule has 3 heterocycles. The molecule has 0 aromatic heterocycles. The van der Waals surface area contributed by atoms with Gasteiger partial charge in [0.1, 0.15) is 6.61 Å². The van der Waals surface area contributed by atoms with E-state index in [1.165, 1.54) is 16.7 Å². The summed E-state index contributed by atoms with van der Waals surface area (Å²) in [6.07, 6.45) is 0. The highest BCUT2D eigenvalue weighted by atomic mass is 16.7. The van der Waals surface area contributed by atoms with Gasteiger partial charge in [0.25, 0.3) is 0 Å². The van der Waals surface area contributed by atoms with Crippen molar-refractivity contribution >= 4 is 0 Å². The molecule has 106 valence electrons. The first-order valence-electron chi connectivity index (χ1n) is 7.28. The van der Waals surface area contributed by atoms with E-state index in [1.807, 2.05) is 6.07 Å². The predicted octanol–water partition coefficient (Wildman–Crippen LogP) is 2.41. The third-order valence-corrected chi connectivity index (χ3v) is 4.61. The summed E-state index contributed by atoms with van der Waals surface area (Å²) < 4.78 is 17.0. The van der Waals surface area contributed by atoms with E-state index >= 15 is 0 Å². The van der Waals surface area contributed by atoms with Crippen molar-refractivity contribution in [2.24, 2.45) is 0 Å². The van der Waals surface area contributed by atoms with Crippen LogP contribution in [0.1, 0.15) is 22.6 Å². The molecule has 1 N–H and O–H groups in total. The van der Waals surface area contributed by atoms with E-state index in [2.05, 4.69) is 35.6 Å². The van der Waals surface area contributed by atoms with Crippen molar-refractivity contribution in [3.05, 3.63) is 53.1 Å². The molecule has 0 amide bonds. The minimum atomic E-state index is 0.276. The van der Waals surface area contributed by atoms with Crippen LogP contribution in [0.25, 0.3) is 0 Å². The van der Waals surface area contributed by atoms with Crippen LogP contribution in [0.4, 0.5) is 0 Å². The van der Waals surface area contributed by atoms with Crippen molar-refractivity contribution in [1.82, 2.24) is 5.32 Å². The molecule has 0 saturated carbocycles. The van der Waals surface area contributed by atoms with Gasteiger partial charge in [0.05, 0.1) is 6.04 Å². The van der Waals surface area contributed by atoms with Gasteiger partial charge in [0.2, 0.25) is 12.5 Å². The summed E-state index contributed by atoms with van der Waals surface area (Å²) in [4.78, 5) is 0. The fraction of sp³-hybridized carbons (Fsp3) is 0.294. The second-order valence-corrected chi connectivity index (χ2v) is 5.69. The van der Waals surface area contributed by atoms with Crippen LogP contribution in [0.5, 0.6) is 17.2 Å². The SMILES string of the molecule is c1ccc2c(c1)CNC1COc3c(ccc4c3OCO4)C21. The van der Waals surface area contributed by atoms with Crippen molar-refractivity contribution in [2.75, 3.05) is 13.4 Å². The lowest BCUT2D eigenvalue weighted by Gasteiger charge is -2.39. The zero-order chi connectivity index (χ0) is 13.8. The first kappa shape index (κ1) is 11.5. The van der Waals surface area contributed by atoms with E-state index in [4.69, 9.17) is 14.2 Å². The molecule has 2 atom stereocenters. The monoisotopic (exact) mass is 281 g/mol. The molecule has 2 unspecified atom stereocenters. The summed E-state index contributed by atoms with van der Waals surface area (Å²) in [5, 5.41) is 3.59. The molecular formula is C17H15NO3. The summed E-state index contributed by atoms with van der Waals surface area (Å²) in [7, 11) is 0. The number of nitrogens with one attached hydrogen (secondary N) is 1. The van der Waals surface area contributed by atoms with Crippen LogP contribution < -0.4 is 19.5 Å². The van der Waals surface area contributed by atoms with Gasteiger partial charge in [-0.05, 0) is 17.2 Å². The molecule has 2 aromatic carbocycles. The largest absolute Gasteiger partial charge is 0.488 e. The smallest absolute Gasteiger partial charge is 0.231 e. The van der Waals surface area contributed by atoms with Gasteiger partial charge in [0.15, 0.2) is 11.5 Å². The lowest BCUT2D eigenvalue weighted by Crippen LogP contribution is -2.46. The molecule has 4 heteroatoms. The molecule has 4 nitrogen and oxygen atoms in total. The van der Waals surface area contributed by atoms with Gasteiger partial charge in [-0.3, -0.25) is 0 Å². The lowest BCUT2D eigenvalue weighted by molar-refractivity contribution is 0.164. The standard InChI is InChI=1S/C17H15NO3/c1-2-4-11-10(3-1)7-18-13-8-19-16-12(15(11)13)5-6-14-17(16)21-9-20-14/h1-6,13,15,18H,7-9H2. The number of hydrogen-bond donors (Lipinski definition) is 1. The maximum atomic E-state index is 5.98. The molecule has 0 saturated heterocycles. The van der Waals surface area contributed by atoms with Crippen LogP contribution in [0.3, 0.4) is 0 Å². The summed E-state index contributed by atoms with van der Waals surface area (Å²) in [5.74, 6) is 2.70. The van der Waals surface area contributed by atoms with Gasteiger partial charge in [-0.15, -0.1) is 0 Å². The molecule has 2 aromatic rings. The number of benzene rings is 2. The number of rotatable bonds is 0. The van der Waals surface area contributed by atoms with Crippen LogP contribution in [-0.2, 0) is 6.54 Å². The molecule has 0 spiro atoms. The Morgan fingerprint density at radius 1 is 0.905 bits per heavy atom. The molecule has 0 radical (unpaired) electrons. The van der Waals surface area contributed by atoms with Crippen molar-refractivity contribution in [3.63, 3.8) is 0 Å². The Morgan fingerprint density at radius 2 is 1.86 bits per heavy atom. The molecule has 5 rings (SSSR count). The van der Waals surface area contributed by atoms with Crippen molar-refractivity contribution in [2.45, 2.75) is 18.5 Å². The Bertz CT molecular complexity index is 728. The summed E-state index contributed by atoms with van der Waals surface area (Å²) in [5.41, 5.74) is 3.95. The maximum absolute atomic E-state index is 5.98. The quantitative estimate of drug-likeness (QED) is 0.805. The van der Waals surface area contributed by atoms with E-state index in [1.54, 1.807) is 0 Å². The van der Waals surface area contributed by atoms with Crippen LogP contribution >= 0.6 is 0 Å². The fourth-order valence-corrected chi connectivity index (χ4v) is 3.64. The first-order valence-corrected chi connectivity index (χ1v) is 7.28. The third kappa shape index (κ3) is 1.54. The highest BCUT2D eigenvalue weighted by molar-refractivity contribution is 5.61. The van der Waals surface area contributed by atoms with Crippen LogP contribution in [0.15, 0.2) is 36.4 Å². The average molecular weight is 281 g/mol. The van der Waals surface area contributed by atoms with Gasteiger partial charge in [0, 0.05) is 18.0 Å². The predicted molar refractivity (Wildman–Crippen MR) is 77.0 cm³/mol. The molecular weight excluding hydrogens is 266 g/mol. The summed E-state index contributed by atoms with van der Waals surface area (Å²) >= 11 is 0. The summed E-state index contributed by atoms with van der Waals surface area (Å²) in [6, 6.07) is 13.1. The van der Waals surface area contributed by atoms with E-state index < -0.39 is 0 Å². The minimum Gasteiger partial charge on any atom is -0.488 e. The van der Waals surface area contributed by atoms with Gasteiger partial charge in [-0.2, -0.15) is 0 Å². The van der Waals surface area contributed by atoms with Crippen LogP contribution in [0.2, 0.25) is 0 Å². The molecule has 3 aliphatic rings. The number of hydrogen-bond acceptors (Lipinski definition) is 4. The van der Waals surface area contributed by atoms with Crippen molar-refractivity contribution in [3.8, 4) is 17.2 Å².